The maximum Gasteiger partial charge on any atom is 0.157 e. The van der Waals surface area contributed by atoms with Crippen molar-refractivity contribution >= 4 is 21.6 Å². The second kappa shape index (κ2) is 9.59. The van der Waals surface area contributed by atoms with Crippen molar-refractivity contribution < 1.29 is 4.74 Å². The van der Waals surface area contributed by atoms with Gasteiger partial charge >= 0.3 is 0 Å². The molecule has 6 rings (SSSR count). The Bertz CT molecular complexity index is 1240. The van der Waals surface area contributed by atoms with E-state index >= 15 is 0 Å². The van der Waals surface area contributed by atoms with Crippen molar-refractivity contribution in [2.45, 2.75) is 51.0 Å². The molecule has 4 heterocycles. The molecule has 178 valence electrons. The van der Waals surface area contributed by atoms with E-state index in [1.165, 1.54) is 52.9 Å². The number of aryl methyl sites for hydroxylation is 3. The SMILES string of the molecule is Cn1c(-c2nc(C3CCC3)cn2CCCc2ccc(OC[C@@H]3CCNC3)cc2)cc2sccc21. The normalized spacial score (nSPS) is 18.6. The fourth-order valence-corrected chi connectivity index (χ4v) is 6.10. The van der Waals surface area contributed by atoms with Crippen LogP contribution in [0, 0.1) is 5.92 Å². The molecule has 1 saturated heterocycles. The van der Waals surface area contributed by atoms with E-state index in [4.69, 9.17) is 9.72 Å². The number of ether oxygens (including phenoxy) is 1. The molecule has 2 aliphatic rings. The Hall–Kier alpha value is -2.57. The van der Waals surface area contributed by atoms with Crippen molar-refractivity contribution in [1.82, 2.24) is 19.4 Å². The minimum Gasteiger partial charge on any atom is -0.493 e. The Labute approximate surface area is 205 Å². The van der Waals surface area contributed by atoms with Crippen molar-refractivity contribution in [3.05, 3.63) is 59.2 Å². The van der Waals surface area contributed by atoms with Crippen LogP contribution in [0.3, 0.4) is 0 Å². The van der Waals surface area contributed by atoms with Gasteiger partial charge in [-0.05, 0) is 73.9 Å². The second-order valence-electron chi connectivity index (χ2n) is 9.99. The van der Waals surface area contributed by atoms with E-state index in [2.05, 4.69) is 69.5 Å². The quantitative estimate of drug-likeness (QED) is 0.324. The summed E-state index contributed by atoms with van der Waals surface area (Å²) in [5, 5.41) is 5.57. The Kier molecular flexibility index (Phi) is 6.18. The zero-order valence-electron chi connectivity index (χ0n) is 20.0. The summed E-state index contributed by atoms with van der Waals surface area (Å²) in [6.45, 7) is 4.00. The molecule has 1 N–H and O–H groups in total. The highest BCUT2D eigenvalue weighted by atomic mass is 32.1. The molecule has 4 aromatic rings. The zero-order chi connectivity index (χ0) is 22.9. The van der Waals surface area contributed by atoms with Gasteiger partial charge in [-0.1, -0.05) is 18.6 Å². The van der Waals surface area contributed by atoms with Gasteiger partial charge in [0.15, 0.2) is 5.82 Å². The highest BCUT2D eigenvalue weighted by molar-refractivity contribution is 7.17. The minimum absolute atomic E-state index is 0.647. The molecule has 1 aliphatic carbocycles. The largest absolute Gasteiger partial charge is 0.493 e. The molecule has 1 saturated carbocycles. The number of hydrogen-bond donors (Lipinski definition) is 1. The molecule has 0 unspecified atom stereocenters. The average Bonchev–Trinajstić information content (AvgIpc) is 3.59. The van der Waals surface area contributed by atoms with Gasteiger partial charge in [0, 0.05) is 38.2 Å². The summed E-state index contributed by atoms with van der Waals surface area (Å²) in [4.78, 5) is 5.15. The van der Waals surface area contributed by atoms with Crippen molar-refractivity contribution in [3.8, 4) is 17.3 Å². The summed E-state index contributed by atoms with van der Waals surface area (Å²) in [5.74, 6) is 3.40. The van der Waals surface area contributed by atoms with Gasteiger partial charge in [-0.15, -0.1) is 11.3 Å². The number of aromatic nitrogens is 3. The Morgan fingerprint density at radius 3 is 2.76 bits per heavy atom. The van der Waals surface area contributed by atoms with E-state index in [1.54, 1.807) is 0 Å². The van der Waals surface area contributed by atoms with E-state index < -0.39 is 0 Å². The van der Waals surface area contributed by atoms with Gasteiger partial charge in [-0.3, -0.25) is 0 Å². The summed E-state index contributed by atoms with van der Waals surface area (Å²) in [5.41, 5.74) is 5.18. The smallest absolute Gasteiger partial charge is 0.157 e. The third-order valence-electron chi connectivity index (χ3n) is 7.65. The van der Waals surface area contributed by atoms with Crippen LogP contribution in [0.25, 0.3) is 21.7 Å². The van der Waals surface area contributed by atoms with Crippen LogP contribution in [-0.4, -0.2) is 33.8 Å². The molecule has 6 heteroatoms. The number of nitrogens with one attached hydrogen (secondary N) is 1. The topological polar surface area (TPSA) is 44.0 Å². The van der Waals surface area contributed by atoms with Gasteiger partial charge in [0.1, 0.15) is 5.75 Å². The monoisotopic (exact) mass is 474 g/mol. The zero-order valence-corrected chi connectivity index (χ0v) is 20.8. The van der Waals surface area contributed by atoms with Gasteiger partial charge in [0.05, 0.1) is 28.2 Å². The highest BCUT2D eigenvalue weighted by Crippen LogP contribution is 2.38. The van der Waals surface area contributed by atoms with Crippen LogP contribution >= 0.6 is 11.3 Å². The number of imidazole rings is 1. The first-order valence-corrected chi connectivity index (χ1v) is 13.7. The Morgan fingerprint density at radius 2 is 2.03 bits per heavy atom. The van der Waals surface area contributed by atoms with Gasteiger partial charge in [-0.25, -0.2) is 4.98 Å². The fraction of sp³-hybridized carbons (Fsp3) is 0.464. The first-order valence-electron chi connectivity index (χ1n) is 12.8. The molecule has 2 fully saturated rings. The lowest BCUT2D eigenvalue weighted by Gasteiger charge is -2.22. The van der Waals surface area contributed by atoms with Gasteiger partial charge < -0.3 is 19.2 Å². The summed E-state index contributed by atoms with van der Waals surface area (Å²) >= 11 is 1.81. The number of hydrogen-bond acceptors (Lipinski definition) is 4. The molecule has 34 heavy (non-hydrogen) atoms. The molecular formula is C28H34N4OS. The summed E-state index contributed by atoms with van der Waals surface area (Å²) < 4.78 is 12.0. The third-order valence-corrected chi connectivity index (χ3v) is 8.50. The standard InChI is InChI=1S/C28H34N4OS/c1-31-25-12-15-34-27(25)16-26(31)28-30-24(22-5-2-6-22)18-32(28)14-3-4-20-7-9-23(10-8-20)33-19-21-11-13-29-17-21/h7-10,12,15-16,18,21-22,29H,2-6,11,13-14,17,19H2,1H3/t21-/m1/s1. The fourth-order valence-electron chi connectivity index (χ4n) is 5.25. The van der Waals surface area contributed by atoms with Crippen LogP contribution in [0.1, 0.15) is 49.3 Å². The Balaban J connectivity index is 1.12. The van der Waals surface area contributed by atoms with Crippen LogP contribution in [0.4, 0.5) is 0 Å². The van der Waals surface area contributed by atoms with E-state index in [-0.39, 0.29) is 0 Å². The lowest BCUT2D eigenvalue weighted by molar-refractivity contribution is 0.260. The second-order valence-corrected chi connectivity index (χ2v) is 10.9. The first-order chi connectivity index (χ1) is 16.7. The van der Waals surface area contributed by atoms with Crippen LogP contribution in [0.5, 0.6) is 5.75 Å². The predicted molar refractivity (Wildman–Crippen MR) is 140 cm³/mol. The lowest BCUT2D eigenvalue weighted by Crippen LogP contribution is -2.15. The molecule has 0 bridgehead atoms. The number of rotatable bonds is 9. The number of nitrogens with zero attached hydrogens (tertiary/aromatic N) is 3. The molecule has 1 aromatic carbocycles. The van der Waals surface area contributed by atoms with E-state index in [0.29, 0.717) is 11.8 Å². The maximum absolute atomic E-state index is 6.00. The number of fused-ring (bicyclic) bond motifs is 1. The maximum atomic E-state index is 6.00. The van der Waals surface area contributed by atoms with Crippen LogP contribution in [0.15, 0.2) is 48.0 Å². The summed E-state index contributed by atoms with van der Waals surface area (Å²) in [6.07, 6.45) is 9.61. The van der Waals surface area contributed by atoms with Crippen molar-refractivity contribution in [1.29, 1.82) is 0 Å². The van der Waals surface area contributed by atoms with Crippen molar-refractivity contribution in [3.63, 3.8) is 0 Å². The van der Waals surface area contributed by atoms with Gasteiger partial charge in [0.25, 0.3) is 0 Å². The third kappa shape index (κ3) is 4.41. The summed E-state index contributed by atoms with van der Waals surface area (Å²) in [6, 6.07) is 13.2. The van der Waals surface area contributed by atoms with E-state index in [9.17, 15) is 0 Å². The van der Waals surface area contributed by atoms with Crippen molar-refractivity contribution in [2.24, 2.45) is 13.0 Å². The number of benzene rings is 1. The molecule has 0 radical (unpaired) electrons. The lowest BCUT2D eigenvalue weighted by atomic mass is 9.83. The average molecular weight is 475 g/mol. The van der Waals surface area contributed by atoms with Crippen LogP contribution in [-0.2, 0) is 20.0 Å². The molecule has 5 nitrogen and oxygen atoms in total. The molecule has 1 aliphatic heterocycles. The van der Waals surface area contributed by atoms with Crippen molar-refractivity contribution in [2.75, 3.05) is 19.7 Å². The first kappa shape index (κ1) is 21.9. The molecular weight excluding hydrogens is 440 g/mol. The summed E-state index contributed by atoms with van der Waals surface area (Å²) in [7, 11) is 2.17. The van der Waals surface area contributed by atoms with E-state index in [0.717, 1.165) is 50.7 Å². The van der Waals surface area contributed by atoms with E-state index in [1.807, 2.05) is 11.3 Å². The van der Waals surface area contributed by atoms with Crippen LogP contribution in [0.2, 0.25) is 0 Å². The highest BCUT2D eigenvalue weighted by Gasteiger charge is 2.25. The van der Waals surface area contributed by atoms with Gasteiger partial charge in [-0.2, -0.15) is 0 Å². The van der Waals surface area contributed by atoms with Gasteiger partial charge in [0.2, 0.25) is 0 Å². The molecule has 1 atom stereocenters. The number of thiophene rings is 1. The predicted octanol–water partition coefficient (Wildman–Crippen LogP) is 5.99. The molecule has 0 amide bonds. The minimum atomic E-state index is 0.647. The van der Waals surface area contributed by atoms with Crippen LogP contribution < -0.4 is 10.1 Å². The molecule has 0 spiro atoms. The Morgan fingerprint density at radius 1 is 1.15 bits per heavy atom. The molecule has 3 aromatic heterocycles.